The number of carboxylic acids is 1. The van der Waals surface area contributed by atoms with Crippen LogP contribution in [0.5, 0.6) is 5.75 Å². The average molecular weight is 644 g/mol. The minimum absolute atomic E-state index is 0.0704. The molecular formula is C31H32Cl2N4O5S. The molecule has 4 aromatic rings. The van der Waals surface area contributed by atoms with Gasteiger partial charge >= 0.3 is 5.97 Å². The summed E-state index contributed by atoms with van der Waals surface area (Å²) >= 11 is 14.6. The van der Waals surface area contributed by atoms with Crippen LogP contribution in [0.25, 0.3) is 21.5 Å². The highest BCUT2D eigenvalue weighted by Gasteiger charge is 2.39. The van der Waals surface area contributed by atoms with Crippen molar-refractivity contribution in [3.8, 4) is 17.0 Å². The molecule has 3 fully saturated rings. The predicted molar refractivity (Wildman–Crippen MR) is 167 cm³/mol. The second-order valence-corrected chi connectivity index (χ2v) is 13.6. The summed E-state index contributed by atoms with van der Waals surface area (Å²) in [7, 11) is 0. The Morgan fingerprint density at radius 1 is 1.19 bits per heavy atom. The van der Waals surface area contributed by atoms with E-state index in [1.54, 1.807) is 12.1 Å². The quantitative estimate of drug-likeness (QED) is 0.205. The molecule has 12 heteroatoms. The van der Waals surface area contributed by atoms with Crippen molar-refractivity contribution in [2.45, 2.75) is 63.9 Å². The standard InChI is InChI=1S/C31H32Cl2N4O5S/c1-16(2)41-24-10-18(30(38)39)11-25-28(24)34-31(43-25)37-9-8-36-14-20(12-19(36)13-37)40-15-21-27(35-42-29(21)17-6-7-17)26-22(32)4-3-5-23(26)33/h3-5,10-11,16-17,19-20H,6-9,12-15H2,1-2H3,(H,38,39)/t19-,20-/m1/s1. The third-order valence-electron chi connectivity index (χ3n) is 8.34. The first kappa shape index (κ1) is 28.9. The maximum atomic E-state index is 11.7. The van der Waals surface area contributed by atoms with Crippen LogP contribution >= 0.6 is 34.5 Å². The molecule has 1 N–H and O–H groups in total. The van der Waals surface area contributed by atoms with Crippen molar-refractivity contribution in [1.29, 1.82) is 0 Å². The van der Waals surface area contributed by atoms with Gasteiger partial charge in [-0.05, 0) is 57.4 Å². The SMILES string of the molecule is CC(C)Oc1cc(C(=O)O)cc2sc(N3CCN4C[C@H](OCc5c(-c6c(Cl)cccc6Cl)noc5C5CC5)C[C@@H]4C3)nc12. The largest absolute Gasteiger partial charge is 0.489 e. The predicted octanol–water partition coefficient (Wildman–Crippen LogP) is 7.10. The number of nitrogens with zero attached hydrogens (tertiary/aromatic N) is 4. The van der Waals surface area contributed by atoms with Gasteiger partial charge in [0.2, 0.25) is 0 Å². The molecule has 9 nitrogen and oxygen atoms in total. The zero-order valence-corrected chi connectivity index (χ0v) is 26.2. The van der Waals surface area contributed by atoms with Gasteiger partial charge in [0.1, 0.15) is 22.7 Å². The highest BCUT2D eigenvalue weighted by molar-refractivity contribution is 7.22. The van der Waals surface area contributed by atoms with E-state index in [1.807, 2.05) is 32.0 Å². The van der Waals surface area contributed by atoms with Gasteiger partial charge in [0, 0.05) is 49.3 Å². The van der Waals surface area contributed by atoms with E-state index in [0.717, 1.165) is 66.6 Å². The molecule has 43 heavy (non-hydrogen) atoms. The van der Waals surface area contributed by atoms with Crippen LogP contribution in [0.15, 0.2) is 34.9 Å². The summed E-state index contributed by atoms with van der Waals surface area (Å²) in [6.45, 7) is 7.66. The first-order valence-electron chi connectivity index (χ1n) is 14.6. The zero-order valence-electron chi connectivity index (χ0n) is 23.9. The van der Waals surface area contributed by atoms with Gasteiger partial charge in [-0.2, -0.15) is 0 Å². The van der Waals surface area contributed by atoms with Crippen LogP contribution in [-0.4, -0.2) is 70.5 Å². The molecule has 0 bridgehead atoms. The molecule has 1 aliphatic carbocycles. The number of benzene rings is 2. The molecule has 0 unspecified atom stereocenters. The number of hydrogen-bond acceptors (Lipinski definition) is 9. The summed E-state index contributed by atoms with van der Waals surface area (Å²) in [5, 5.41) is 16.0. The van der Waals surface area contributed by atoms with Crippen LogP contribution in [0.1, 0.15) is 60.7 Å². The van der Waals surface area contributed by atoms with E-state index in [4.69, 9.17) is 42.2 Å². The van der Waals surface area contributed by atoms with Crippen molar-refractivity contribution in [3.63, 3.8) is 0 Å². The number of fused-ring (bicyclic) bond motifs is 2. The Morgan fingerprint density at radius 3 is 2.70 bits per heavy atom. The van der Waals surface area contributed by atoms with Crippen LogP contribution in [0.4, 0.5) is 5.13 Å². The third-order valence-corrected chi connectivity index (χ3v) is 10.0. The van der Waals surface area contributed by atoms with E-state index in [1.165, 1.54) is 11.3 Å². The molecule has 4 heterocycles. The van der Waals surface area contributed by atoms with Gasteiger partial charge in [-0.15, -0.1) is 0 Å². The minimum atomic E-state index is -0.978. The second kappa shape index (κ2) is 11.6. The number of hydrogen-bond donors (Lipinski definition) is 1. The van der Waals surface area contributed by atoms with Gasteiger partial charge in [0.05, 0.1) is 39.1 Å². The smallest absolute Gasteiger partial charge is 0.335 e. The molecule has 2 aromatic heterocycles. The summed E-state index contributed by atoms with van der Waals surface area (Å²) in [5.74, 6) is 0.790. The minimum Gasteiger partial charge on any atom is -0.489 e. The van der Waals surface area contributed by atoms with Crippen LogP contribution in [0.3, 0.4) is 0 Å². The van der Waals surface area contributed by atoms with Crippen molar-refractivity contribution < 1.29 is 23.9 Å². The lowest BCUT2D eigenvalue weighted by atomic mass is 10.0. The van der Waals surface area contributed by atoms with E-state index >= 15 is 0 Å². The summed E-state index contributed by atoms with van der Waals surface area (Å²) in [6, 6.07) is 9.04. The van der Waals surface area contributed by atoms with Crippen LogP contribution in [-0.2, 0) is 11.3 Å². The van der Waals surface area contributed by atoms with Gasteiger partial charge in [0.25, 0.3) is 0 Å². The molecule has 226 valence electrons. The Labute approximate surface area is 263 Å². The van der Waals surface area contributed by atoms with Gasteiger partial charge in [-0.1, -0.05) is 45.8 Å². The third kappa shape index (κ3) is 5.71. The van der Waals surface area contributed by atoms with Gasteiger partial charge in [0.15, 0.2) is 5.13 Å². The van der Waals surface area contributed by atoms with Crippen LogP contribution in [0, 0.1) is 0 Å². The Hall–Kier alpha value is -2.89. The van der Waals surface area contributed by atoms with Crippen molar-refractivity contribution >= 4 is 55.9 Å². The summed E-state index contributed by atoms with van der Waals surface area (Å²) in [5.41, 5.74) is 3.22. The number of carboxylic acid groups (broad SMARTS) is 1. The Balaban J connectivity index is 1.06. The lowest BCUT2D eigenvalue weighted by Gasteiger charge is -2.37. The molecule has 2 atom stereocenters. The van der Waals surface area contributed by atoms with E-state index in [9.17, 15) is 9.90 Å². The summed E-state index contributed by atoms with van der Waals surface area (Å²) in [6.07, 6.45) is 3.05. The molecule has 2 aromatic carbocycles. The maximum absolute atomic E-state index is 11.7. The zero-order chi connectivity index (χ0) is 29.8. The van der Waals surface area contributed by atoms with Crippen molar-refractivity contribution in [3.05, 3.63) is 57.3 Å². The Kier molecular flexibility index (Phi) is 7.75. The number of anilines is 1. The normalized spacial score (nSPS) is 20.7. The van der Waals surface area contributed by atoms with Gasteiger partial charge in [-0.25, -0.2) is 9.78 Å². The Morgan fingerprint density at radius 2 is 1.98 bits per heavy atom. The number of carbonyl (C=O) groups is 1. The topological polar surface area (TPSA) is 101 Å². The Bertz CT molecular complexity index is 1670. The fraction of sp³-hybridized carbons (Fsp3) is 0.452. The fourth-order valence-corrected chi connectivity index (χ4v) is 7.76. The van der Waals surface area contributed by atoms with E-state index in [0.29, 0.717) is 51.1 Å². The lowest BCUT2D eigenvalue weighted by Crippen LogP contribution is -2.50. The second-order valence-electron chi connectivity index (χ2n) is 11.8. The molecule has 7 rings (SSSR count). The molecule has 1 saturated carbocycles. The summed E-state index contributed by atoms with van der Waals surface area (Å²) in [4.78, 5) is 21.4. The van der Waals surface area contributed by atoms with E-state index in [-0.39, 0.29) is 17.8 Å². The number of rotatable bonds is 9. The first-order chi connectivity index (χ1) is 20.7. The average Bonchev–Trinajstić information content (AvgIpc) is 3.38. The number of thiazole rings is 1. The number of halogens is 2. The molecular weight excluding hydrogens is 611 g/mol. The van der Waals surface area contributed by atoms with Gasteiger partial charge in [-0.3, -0.25) is 4.90 Å². The number of aromatic carboxylic acids is 1. The van der Waals surface area contributed by atoms with E-state index < -0.39 is 5.97 Å². The fourth-order valence-electron chi connectivity index (χ4n) is 6.13. The van der Waals surface area contributed by atoms with Crippen molar-refractivity contribution in [2.75, 3.05) is 31.1 Å². The summed E-state index contributed by atoms with van der Waals surface area (Å²) < 4.78 is 19.1. The number of ether oxygens (including phenoxy) is 2. The molecule has 0 amide bonds. The van der Waals surface area contributed by atoms with E-state index in [2.05, 4.69) is 15.0 Å². The molecule has 0 radical (unpaired) electrons. The monoisotopic (exact) mass is 642 g/mol. The lowest BCUT2D eigenvalue weighted by molar-refractivity contribution is 0.0463. The van der Waals surface area contributed by atoms with Crippen molar-refractivity contribution in [2.24, 2.45) is 0 Å². The molecule has 2 saturated heterocycles. The molecule has 2 aliphatic heterocycles. The number of aromatic nitrogens is 2. The van der Waals surface area contributed by atoms with Crippen molar-refractivity contribution in [1.82, 2.24) is 15.0 Å². The van der Waals surface area contributed by atoms with Gasteiger partial charge < -0.3 is 24.0 Å². The molecule has 3 aliphatic rings. The highest BCUT2D eigenvalue weighted by atomic mass is 35.5. The van der Waals surface area contributed by atoms with Crippen LogP contribution < -0.4 is 9.64 Å². The molecule has 0 spiro atoms. The first-order valence-corrected chi connectivity index (χ1v) is 16.2. The highest BCUT2D eigenvalue weighted by Crippen LogP contribution is 2.46. The van der Waals surface area contributed by atoms with Crippen LogP contribution in [0.2, 0.25) is 10.0 Å². The number of piperazine rings is 1. The maximum Gasteiger partial charge on any atom is 0.335 e.